The zero-order valence-corrected chi connectivity index (χ0v) is 23.1. The van der Waals surface area contributed by atoms with E-state index in [4.69, 9.17) is 9.47 Å². The van der Waals surface area contributed by atoms with Gasteiger partial charge in [-0.3, -0.25) is 23.5 Å². The third-order valence-corrected chi connectivity index (χ3v) is 7.32. The van der Waals surface area contributed by atoms with Gasteiger partial charge in [0.1, 0.15) is 6.54 Å². The van der Waals surface area contributed by atoms with E-state index in [1.807, 2.05) is 18.7 Å². The molecule has 0 unspecified atom stereocenters. The summed E-state index contributed by atoms with van der Waals surface area (Å²) < 4.78 is 13.2. The first-order valence-electron chi connectivity index (χ1n) is 13.4. The fourth-order valence-electron chi connectivity index (χ4n) is 5.06. The van der Waals surface area contributed by atoms with Crippen LogP contribution in [-0.4, -0.2) is 71.1 Å². The molecule has 2 heterocycles. The molecule has 3 aromatic rings. The number of methoxy groups -OCH3 is 2. The lowest BCUT2D eigenvalue weighted by molar-refractivity contribution is -0.131. The smallest absolute Gasteiger partial charge is 0.332 e. The Morgan fingerprint density at radius 2 is 1.49 bits per heavy atom. The molecule has 1 fully saturated rings. The zero-order chi connectivity index (χ0) is 28.1. The Morgan fingerprint density at radius 3 is 2.08 bits per heavy atom. The van der Waals surface area contributed by atoms with Crippen molar-refractivity contribution >= 4 is 22.7 Å². The van der Waals surface area contributed by atoms with Gasteiger partial charge in [0, 0.05) is 37.8 Å². The molecule has 0 N–H and O–H groups in total. The molecular weight excluding hydrogens is 500 g/mol. The second-order valence-electron chi connectivity index (χ2n) is 9.60. The fraction of sp³-hybridized carbons (Fsp3) is 0.448. The van der Waals surface area contributed by atoms with E-state index in [0.29, 0.717) is 41.2 Å². The van der Waals surface area contributed by atoms with E-state index in [1.165, 1.54) is 24.9 Å². The number of likely N-dealkylation sites (N-methyl/N-ethyl adjacent to an activating group) is 1. The third kappa shape index (κ3) is 5.69. The second kappa shape index (κ2) is 12.2. The standard InChI is InChI=1S/C29H36N4O6/c1-5-30(6-2)26(34)19-32-23-17-25(39-4)24(38-3)16-22(23)28(36)33(29(32)37)18-20-10-12-21(13-11-20)27(35)31-14-8-7-9-15-31/h10-13,16-17H,5-9,14-15,18-19H2,1-4H3. The number of carbonyl (C=O) groups is 2. The van der Waals surface area contributed by atoms with Gasteiger partial charge in [-0.25, -0.2) is 4.79 Å². The predicted octanol–water partition coefficient (Wildman–Crippen LogP) is 2.72. The fourth-order valence-corrected chi connectivity index (χ4v) is 5.06. The summed E-state index contributed by atoms with van der Waals surface area (Å²) in [4.78, 5) is 56.6. The molecule has 0 bridgehead atoms. The Kier molecular flexibility index (Phi) is 8.73. The van der Waals surface area contributed by atoms with E-state index >= 15 is 0 Å². The van der Waals surface area contributed by atoms with Gasteiger partial charge in [-0.05, 0) is 56.9 Å². The van der Waals surface area contributed by atoms with Crippen molar-refractivity contribution in [3.63, 3.8) is 0 Å². The third-order valence-electron chi connectivity index (χ3n) is 7.32. The largest absolute Gasteiger partial charge is 0.493 e. The van der Waals surface area contributed by atoms with Crippen LogP contribution >= 0.6 is 0 Å². The van der Waals surface area contributed by atoms with Crippen LogP contribution in [0.3, 0.4) is 0 Å². The monoisotopic (exact) mass is 536 g/mol. The molecule has 2 aromatic carbocycles. The molecule has 1 aliphatic heterocycles. The summed E-state index contributed by atoms with van der Waals surface area (Å²) in [7, 11) is 2.93. The lowest BCUT2D eigenvalue weighted by Gasteiger charge is -2.26. The van der Waals surface area contributed by atoms with Crippen molar-refractivity contribution in [3.8, 4) is 11.5 Å². The summed E-state index contributed by atoms with van der Waals surface area (Å²) in [6.07, 6.45) is 3.16. The zero-order valence-electron chi connectivity index (χ0n) is 23.1. The van der Waals surface area contributed by atoms with Crippen LogP contribution in [0.4, 0.5) is 0 Å². The number of hydrogen-bond acceptors (Lipinski definition) is 6. The number of nitrogens with zero attached hydrogens (tertiary/aromatic N) is 4. The van der Waals surface area contributed by atoms with Crippen molar-refractivity contribution in [2.45, 2.75) is 46.2 Å². The quantitative estimate of drug-likeness (QED) is 0.417. The van der Waals surface area contributed by atoms with Crippen molar-refractivity contribution in [3.05, 3.63) is 68.4 Å². The van der Waals surface area contributed by atoms with E-state index in [-0.39, 0.29) is 30.3 Å². The number of hydrogen-bond donors (Lipinski definition) is 0. The summed E-state index contributed by atoms with van der Waals surface area (Å²) in [5.41, 5.74) is 0.447. The molecule has 10 nitrogen and oxygen atoms in total. The predicted molar refractivity (Wildman–Crippen MR) is 149 cm³/mol. The van der Waals surface area contributed by atoms with Crippen LogP contribution in [0.1, 0.15) is 49.0 Å². The van der Waals surface area contributed by atoms with Crippen LogP contribution in [0, 0.1) is 0 Å². The maximum atomic E-state index is 13.7. The Labute approximate surface area is 227 Å². The molecule has 1 saturated heterocycles. The Morgan fingerprint density at radius 1 is 0.872 bits per heavy atom. The molecule has 1 aromatic heterocycles. The number of carbonyl (C=O) groups excluding carboxylic acids is 2. The first kappa shape index (κ1) is 27.9. The molecule has 208 valence electrons. The number of ether oxygens (including phenoxy) is 2. The number of rotatable bonds is 9. The molecule has 10 heteroatoms. The number of benzene rings is 2. The number of aromatic nitrogens is 2. The molecular formula is C29H36N4O6. The van der Waals surface area contributed by atoms with Crippen molar-refractivity contribution in [2.24, 2.45) is 0 Å². The minimum absolute atomic E-state index is 0.0116. The number of fused-ring (bicyclic) bond motifs is 1. The average Bonchev–Trinajstić information content (AvgIpc) is 2.97. The summed E-state index contributed by atoms with van der Waals surface area (Å²) in [5.74, 6) is 0.445. The van der Waals surface area contributed by atoms with E-state index < -0.39 is 11.2 Å². The summed E-state index contributed by atoms with van der Waals surface area (Å²) >= 11 is 0. The van der Waals surface area contributed by atoms with Crippen LogP contribution in [0.2, 0.25) is 0 Å². The van der Waals surface area contributed by atoms with Gasteiger partial charge in [0.15, 0.2) is 11.5 Å². The lowest BCUT2D eigenvalue weighted by Crippen LogP contribution is -2.43. The van der Waals surface area contributed by atoms with E-state index in [2.05, 4.69) is 0 Å². The minimum atomic E-state index is -0.603. The van der Waals surface area contributed by atoms with Crippen LogP contribution in [0.25, 0.3) is 10.9 Å². The maximum Gasteiger partial charge on any atom is 0.332 e. The van der Waals surface area contributed by atoms with Gasteiger partial charge < -0.3 is 19.3 Å². The van der Waals surface area contributed by atoms with Gasteiger partial charge in [0.05, 0.1) is 31.7 Å². The van der Waals surface area contributed by atoms with Gasteiger partial charge in [-0.2, -0.15) is 0 Å². The summed E-state index contributed by atoms with van der Waals surface area (Å²) in [5, 5.41) is 0.233. The first-order valence-corrected chi connectivity index (χ1v) is 13.4. The molecule has 0 radical (unpaired) electrons. The van der Waals surface area contributed by atoms with E-state index in [1.54, 1.807) is 35.2 Å². The van der Waals surface area contributed by atoms with Crippen LogP contribution in [0.15, 0.2) is 46.0 Å². The van der Waals surface area contributed by atoms with Gasteiger partial charge in [-0.1, -0.05) is 12.1 Å². The highest BCUT2D eigenvalue weighted by Gasteiger charge is 2.21. The summed E-state index contributed by atoms with van der Waals surface area (Å²) in [6, 6.07) is 10.1. The lowest BCUT2D eigenvalue weighted by atomic mass is 10.1. The van der Waals surface area contributed by atoms with Crippen LogP contribution in [0.5, 0.6) is 11.5 Å². The SMILES string of the molecule is CCN(CC)C(=O)Cn1c(=O)n(Cc2ccc(C(=O)N3CCCCC3)cc2)c(=O)c2cc(OC)c(OC)cc21. The van der Waals surface area contributed by atoms with Crippen LogP contribution < -0.4 is 20.7 Å². The Bertz CT molecular complexity index is 1460. The Balaban J connectivity index is 1.76. The highest BCUT2D eigenvalue weighted by Crippen LogP contribution is 2.30. The summed E-state index contributed by atoms with van der Waals surface area (Å²) in [6.45, 7) is 6.02. The van der Waals surface area contributed by atoms with Gasteiger partial charge in [0.2, 0.25) is 5.91 Å². The molecule has 0 spiro atoms. The topological polar surface area (TPSA) is 103 Å². The van der Waals surface area contributed by atoms with Crippen molar-refractivity contribution in [1.82, 2.24) is 18.9 Å². The van der Waals surface area contributed by atoms with Crippen molar-refractivity contribution in [1.29, 1.82) is 0 Å². The number of piperidine rings is 1. The van der Waals surface area contributed by atoms with Gasteiger partial charge in [0.25, 0.3) is 11.5 Å². The average molecular weight is 537 g/mol. The molecule has 4 rings (SSSR count). The highest BCUT2D eigenvalue weighted by molar-refractivity contribution is 5.94. The Hall–Kier alpha value is -4.08. The van der Waals surface area contributed by atoms with Gasteiger partial charge >= 0.3 is 5.69 Å². The maximum absolute atomic E-state index is 13.7. The number of likely N-dealkylation sites (tertiary alicyclic amines) is 1. The molecule has 0 aliphatic carbocycles. The number of amides is 2. The first-order chi connectivity index (χ1) is 18.8. The normalized spacial score (nSPS) is 13.4. The highest BCUT2D eigenvalue weighted by atomic mass is 16.5. The van der Waals surface area contributed by atoms with Gasteiger partial charge in [-0.15, -0.1) is 0 Å². The van der Waals surface area contributed by atoms with E-state index in [9.17, 15) is 19.2 Å². The van der Waals surface area contributed by atoms with E-state index in [0.717, 1.165) is 36.9 Å². The molecule has 39 heavy (non-hydrogen) atoms. The minimum Gasteiger partial charge on any atom is -0.493 e. The second-order valence-corrected chi connectivity index (χ2v) is 9.60. The molecule has 1 aliphatic rings. The van der Waals surface area contributed by atoms with Crippen molar-refractivity contribution < 1.29 is 19.1 Å². The molecule has 0 saturated carbocycles. The molecule has 0 atom stereocenters. The molecule has 2 amide bonds. The van der Waals surface area contributed by atoms with Crippen molar-refractivity contribution in [2.75, 3.05) is 40.4 Å². The van der Waals surface area contributed by atoms with Crippen LogP contribution in [-0.2, 0) is 17.9 Å².